The van der Waals surface area contributed by atoms with Gasteiger partial charge < -0.3 is 10.2 Å². The monoisotopic (exact) mass is 299 g/mol. The fourth-order valence-electron chi connectivity index (χ4n) is 2.54. The zero-order valence-electron chi connectivity index (χ0n) is 12.5. The summed E-state index contributed by atoms with van der Waals surface area (Å²) in [7, 11) is 1.65. The molecule has 0 aliphatic carbocycles. The number of amides is 2. The number of rotatable bonds is 3. The van der Waals surface area contributed by atoms with Crippen LogP contribution in [0.2, 0.25) is 0 Å². The van der Waals surface area contributed by atoms with Gasteiger partial charge in [0.1, 0.15) is 11.9 Å². The van der Waals surface area contributed by atoms with Crippen LogP contribution in [0.3, 0.4) is 0 Å². The van der Waals surface area contributed by atoms with Gasteiger partial charge in [-0.3, -0.25) is 9.59 Å². The highest BCUT2D eigenvalue weighted by atomic mass is 16.2. The standard InChI is InChI=1S/C15H17N5O2/c1-10-5-7-16-13(9-10)20-12(6-8-17-20)18-15(22)11-3-4-14(21)19(11)2/h5-9,11H,3-4H2,1-2H3,(H,18,22)/t11-/m1/s1. The first-order chi connectivity index (χ1) is 10.6. The maximum Gasteiger partial charge on any atom is 0.248 e. The molecule has 2 aromatic heterocycles. The molecule has 1 aliphatic rings. The zero-order valence-corrected chi connectivity index (χ0v) is 12.5. The van der Waals surface area contributed by atoms with Gasteiger partial charge >= 0.3 is 0 Å². The van der Waals surface area contributed by atoms with Crippen LogP contribution in [0.4, 0.5) is 5.82 Å². The van der Waals surface area contributed by atoms with Crippen molar-refractivity contribution in [3.8, 4) is 5.82 Å². The summed E-state index contributed by atoms with van der Waals surface area (Å²) in [4.78, 5) is 29.6. The zero-order chi connectivity index (χ0) is 15.7. The number of nitrogens with one attached hydrogen (secondary N) is 1. The lowest BCUT2D eigenvalue weighted by atomic mass is 10.2. The van der Waals surface area contributed by atoms with Crippen LogP contribution in [-0.2, 0) is 9.59 Å². The van der Waals surface area contributed by atoms with Crippen molar-refractivity contribution in [3.63, 3.8) is 0 Å². The van der Waals surface area contributed by atoms with Gasteiger partial charge in [0, 0.05) is 25.7 Å². The second-order valence-corrected chi connectivity index (χ2v) is 5.37. The number of carbonyl (C=O) groups is 2. The van der Waals surface area contributed by atoms with E-state index in [1.807, 2.05) is 19.1 Å². The molecule has 0 unspecified atom stereocenters. The van der Waals surface area contributed by atoms with Crippen molar-refractivity contribution in [2.24, 2.45) is 0 Å². The minimum atomic E-state index is -0.429. The van der Waals surface area contributed by atoms with E-state index in [9.17, 15) is 9.59 Å². The number of hydrogen-bond acceptors (Lipinski definition) is 4. The smallest absolute Gasteiger partial charge is 0.248 e. The molecule has 1 aliphatic heterocycles. The third-order valence-corrected chi connectivity index (χ3v) is 3.81. The van der Waals surface area contributed by atoms with E-state index in [0.29, 0.717) is 24.5 Å². The molecule has 0 aromatic carbocycles. The lowest BCUT2D eigenvalue weighted by molar-refractivity contribution is -0.131. The molecule has 3 heterocycles. The van der Waals surface area contributed by atoms with E-state index in [1.54, 1.807) is 30.2 Å². The highest BCUT2D eigenvalue weighted by Crippen LogP contribution is 2.19. The van der Waals surface area contributed by atoms with E-state index in [4.69, 9.17) is 0 Å². The maximum atomic E-state index is 12.4. The topological polar surface area (TPSA) is 80.1 Å². The summed E-state index contributed by atoms with van der Waals surface area (Å²) < 4.78 is 1.57. The molecule has 7 heteroatoms. The van der Waals surface area contributed by atoms with Gasteiger partial charge in [-0.15, -0.1) is 0 Å². The van der Waals surface area contributed by atoms with E-state index in [2.05, 4.69) is 15.4 Å². The molecule has 0 spiro atoms. The van der Waals surface area contributed by atoms with Crippen molar-refractivity contribution in [2.45, 2.75) is 25.8 Å². The fraction of sp³-hybridized carbons (Fsp3) is 0.333. The van der Waals surface area contributed by atoms with Gasteiger partial charge in [-0.2, -0.15) is 9.78 Å². The van der Waals surface area contributed by atoms with Crippen LogP contribution >= 0.6 is 0 Å². The Balaban J connectivity index is 1.81. The second kappa shape index (κ2) is 5.59. The van der Waals surface area contributed by atoms with Crippen LogP contribution in [0.1, 0.15) is 18.4 Å². The molecule has 1 fully saturated rings. The Labute approximate surface area is 127 Å². The highest BCUT2D eigenvalue weighted by Gasteiger charge is 2.33. The van der Waals surface area contributed by atoms with Gasteiger partial charge in [-0.25, -0.2) is 4.98 Å². The molecule has 0 saturated carbocycles. The number of likely N-dealkylation sites (N-methyl/N-ethyl adjacent to an activating group) is 1. The number of anilines is 1. The number of aromatic nitrogens is 3. The SMILES string of the molecule is Cc1ccnc(-n2nccc2NC(=O)[C@H]2CCC(=O)N2C)c1. The molecule has 3 rings (SSSR count). The van der Waals surface area contributed by atoms with Gasteiger partial charge in [0.2, 0.25) is 11.8 Å². The summed E-state index contributed by atoms with van der Waals surface area (Å²) >= 11 is 0. The number of pyridine rings is 1. The van der Waals surface area contributed by atoms with Crippen LogP contribution in [0, 0.1) is 6.92 Å². The number of hydrogen-bond donors (Lipinski definition) is 1. The lowest BCUT2D eigenvalue weighted by Crippen LogP contribution is -2.39. The first kappa shape index (κ1) is 14.2. The molecule has 22 heavy (non-hydrogen) atoms. The Morgan fingerprint density at radius 3 is 2.86 bits per heavy atom. The normalized spacial score (nSPS) is 17.8. The van der Waals surface area contributed by atoms with Crippen molar-refractivity contribution >= 4 is 17.6 Å². The van der Waals surface area contributed by atoms with Crippen molar-refractivity contribution in [1.82, 2.24) is 19.7 Å². The van der Waals surface area contributed by atoms with Gasteiger partial charge in [-0.05, 0) is 31.0 Å². The number of likely N-dealkylation sites (tertiary alicyclic amines) is 1. The van der Waals surface area contributed by atoms with Gasteiger partial charge in [0.25, 0.3) is 0 Å². The lowest BCUT2D eigenvalue weighted by Gasteiger charge is -2.19. The van der Waals surface area contributed by atoms with E-state index < -0.39 is 6.04 Å². The van der Waals surface area contributed by atoms with Crippen LogP contribution in [0.5, 0.6) is 0 Å². The Morgan fingerprint density at radius 1 is 1.36 bits per heavy atom. The quantitative estimate of drug-likeness (QED) is 0.921. The van der Waals surface area contributed by atoms with E-state index in [0.717, 1.165) is 5.56 Å². The van der Waals surface area contributed by atoms with Crippen LogP contribution < -0.4 is 5.32 Å². The van der Waals surface area contributed by atoms with Gasteiger partial charge in [-0.1, -0.05) is 0 Å². The first-order valence-corrected chi connectivity index (χ1v) is 7.10. The van der Waals surface area contributed by atoms with Crippen LogP contribution in [-0.4, -0.2) is 44.6 Å². The number of aryl methyl sites for hydroxylation is 1. The minimum Gasteiger partial charge on any atom is -0.334 e. The van der Waals surface area contributed by atoms with Crippen LogP contribution in [0.15, 0.2) is 30.6 Å². The predicted octanol–water partition coefficient (Wildman–Crippen LogP) is 1.14. The Bertz CT molecular complexity index is 724. The van der Waals surface area contributed by atoms with E-state index >= 15 is 0 Å². The number of carbonyl (C=O) groups excluding carboxylic acids is 2. The molecule has 7 nitrogen and oxygen atoms in total. The maximum absolute atomic E-state index is 12.4. The molecule has 1 atom stereocenters. The molecule has 1 N–H and O–H groups in total. The van der Waals surface area contributed by atoms with Crippen molar-refractivity contribution in [2.75, 3.05) is 12.4 Å². The third kappa shape index (κ3) is 2.57. The average Bonchev–Trinajstić information content (AvgIpc) is 3.07. The van der Waals surface area contributed by atoms with E-state index in [-0.39, 0.29) is 11.8 Å². The van der Waals surface area contributed by atoms with Crippen molar-refractivity contribution in [1.29, 1.82) is 0 Å². The number of nitrogens with zero attached hydrogens (tertiary/aromatic N) is 4. The molecular weight excluding hydrogens is 282 g/mol. The second-order valence-electron chi connectivity index (χ2n) is 5.37. The minimum absolute atomic E-state index is 0.00555. The summed E-state index contributed by atoms with van der Waals surface area (Å²) in [6, 6.07) is 5.05. The van der Waals surface area contributed by atoms with Gasteiger partial charge in [0.05, 0.1) is 6.20 Å². The Hall–Kier alpha value is -2.70. The van der Waals surface area contributed by atoms with Crippen molar-refractivity contribution in [3.05, 3.63) is 36.2 Å². The predicted molar refractivity (Wildman–Crippen MR) is 80.5 cm³/mol. The molecule has 0 bridgehead atoms. The first-order valence-electron chi connectivity index (χ1n) is 7.10. The molecular formula is C15H17N5O2. The molecule has 114 valence electrons. The van der Waals surface area contributed by atoms with Crippen LogP contribution in [0.25, 0.3) is 5.82 Å². The van der Waals surface area contributed by atoms with Gasteiger partial charge in [0.15, 0.2) is 5.82 Å². The molecule has 2 aromatic rings. The Morgan fingerprint density at radius 2 is 2.18 bits per heavy atom. The average molecular weight is 299 g/mol. The largest absolute Gasteiger partial charge is 0.334 e. The molecule has 1 saturated heterocycles. The summed E-state index contributed by atoms with van der Waals surface area (Å²) in [6.45, 7) is 1.96. The summed E-state index contributed by atoms with van der Waals surface area (Å²) in [6.07, 6.45) is 4.25. The summed E-state index contributed by atoms with van der Waals surface area (Å²) in [5.74, 6) is 0.962. The third-order valence-electron chi connectivity index (χ3n) is 3.81. The molecule has 2 amide bonds. The summed E-state index contributed by atoms with van der Waals surface area (Å²) in [5.41, 5.74) is 1.05. The van der Waals surface area contributed by atoms with Crippen molar-refractivity contribution < 1.29 is 9.59 Å². The fourth-order valence-corrected chi connectivity index (χ4v) is 2.54. The highest BCUT2D eigenvalue weighted by molar-refractivity contribution is 5.98. The Kier molecular flexibility index (Phi) is 3.62. The summed E-state index contributed by atoms with van der Waals surface area (Å²) in [5, 5.41) is 7.03. The van der Waals surface area contributed by atoms with E-state index in [1.165, 1.54) is 4.90 Å². The molecule has 0 radical (unpaired) electrons.